The Morgan fingerprint density at radius 2 is 1.81 bits per heavy atom. The third-order valence-corrected chi connectivity index (χ3v) is 5.60. The number of quaternary nitrogens is 1. The maximum absolute atomic E-state index is 12.6. The maximum Gasteiger partial charge on any atom is 0.275 e. The molecule has 3 nitrogen and oxygen atoms in total. The van der Waals surface area contributed by atoms with E-state index in [4.69, 9.17) is 11.6 Å². The van der Waals surface area contributed by atoms with Crippen LogP contribution >= 0.6 is 22.9 Å². The van der Waals surface area contributed by atoms with E-state index in [9.17, 15) is 4.79 Å². The molecule has 0 saturated heterocycles. The molecular formula is C21H22ClN2OS+. The van der Waals surface area contributed by atoms with Crippen molar-refractivity contribution in [1.29, 1.82) is 0 Å². The first-order chi connectivity index (χ1) is 12.6. The number of rotatable bonds is 7. The largest absolute Gasteiger partial charge is 0.339 e. The Kier molecular flexibility index (Phi) is 6.45. The molecule has 0 bridgehead atoms. The van der Waals surface area contributed by atoms with E-state index < -0.39 is 0 Å². The second-order valence-corrected chi connectivity index (χ2v) is 7.56. The van der Waals surface area contributed by atoms with Gasteiger partial charge < -0.3 is 10.6 Å². The number of thiophene rings is 1. The zero-order chi connectivity index (χ0) is 18.4. The van der Waals surface area contributed by atoms with Crippen molar-refractivity contribution in [2.45, 2.75) is 19.0 Å². The molecule has 0 aliphatic rings. The summed E-state index contributed by atoms with van der Waals surface area (Å²) < 4.78 is 0. The van der Waals surface area contributed by atoms with Crippen molar-refractivity contribution in [3.05, 3.63) is 93.1 Å². The smallest absolute Gasteiger partial charge is 0.275 e. The number of amides is 1. The number of hydrogen-bond donors (Lipinski definition) is 2. The fraction of sp³-hybridized carbons (Fsp3) is 0.190. The zero-order valence-electron chi connectivity index (χ0n) is 14.6. The first-order valence-corrected chi connectivity index (χ1v) is 9.86. The summed E-state index contributed by atoms with van der Waals surface area (Å²) in [6, 6.07) is 21.9. The van der Waals surface area contributed by atoms with Crippen molar-refractivity contribution in [2.75, 3.05) is 6.54 Å². The molecule has 0 saturated carbocycles. The predicted molar refractivity (Wildman–Crippen MR) is 107 cm³/mol. The number of halogens is 1. The molecule has 2 atom stereocenters. The molecule has 0 aliphatic heterocycles. The van der Waals surface area contributed by atoms with Gasteiger partial charge in [0.1, 0.15) is 6.04 Å². The molecule has 0 fully saturated rings. The van der Waals surface area contributed by atoms with Gasteiger partial charge in [-0.1, -0.05) is 66.2 Å². The zero-order valence-corrected chi connectivity index (χ0v) is 16.1. The highest BCUT2D eigenvalue weighted by Gasteiger charge is 2.20. The number of carbonyl (C=O) groups excluding carboxylic acids is 1. The molecule has 0 radical (unpaired) electrons. The Morgan fingerprint density at radius 3 is 2.50 bits per heavy atom. The van der Waals surface area contributed by atoms with Crippen LogP contribution in [-0.2, 0) is 4.79 Å². The molecule has 5 heteroatoms. The average molecular weight is 386 g/mol. The SMILES string of the molecule is C[C@@H]([NH2+]CC(=O)N[C@@H](c1ccccc1)c1cccs1)c1ccccc1Cl. The van der Waals surface area contributed by atoms with E-state index >= 15 is 0 Å². The Hall–Kier alpha value is -2.14. The third kappa shape index (κ3) is 4.73. The van der Waals surface area contributed by atoms with Crippen LogP contribution in [0.2, 0.25) is 5.02 Å². The van der Waals surface area contributed by atoms with Crippen LogP contribution in [0.3, 0.4) is 0 Å². The number of carbonyl (C=O) groups is 1. The van der Waals surface area contributed by atoms with E-state index in [1.807, 2.05) is 71.4 Å². The highest BCUT2D eigenvalue weighted by Crippen LogP contribution is 2.25. The molecular weight excluding hydrogens is 364 g/mol. The van der Waals surface area contributed by atoms with Gasteiger partial charge in [0.15, 0.2) is 6.54 Å². The number of hydrogen-bond acceptors (Lipinski definition) is 2. The third-order valence-electron chi connectivity index (χ3n) is 4.32. The molecule has 3 rings (SSSR count). The van der Waals surface area contributed by atoms with Crippen LogP contribution in [0.25, 0.3) is 0 Å². The average Bonchev–Trinajstić information content (AvgIpc) is 3.19. The van der Waals surface area contributed by atoms with E-state index in [2.05, 4.69) is 18.3 Å². The summed E-state index contributed by atoms with van der Waals surface area (Å²) in [4.78, 5) is 13.7. The van der Waals surface area contributed by atoms with Gasteiger partial charge in [0, 0.05) is 15.5 Å². The topological polar surface area (TPSA) is 45.7 Å². The van der Waals surface area contributed by atoms with Gasteiger partial charge in [0.05, 0.1) is 6.04 Å². The molecule has 3 N–H and O–H groups in total. The Labute approximate surface area is 163 Å². The van der Waals surface area contributed by atoms with Crippen LogP contribution in [0.4, 0.5) is 0 Å². The summed E-state index contributed by atoms with van der Waals surface area (Å²) in [5.74, 6) is 0.00570. The van der Waals surface area contributed by atoms with E-state index in [1.54, 1.807) is 11.3 Å². The predicted octanol–water partition coefficient (Wildman–Crippen LogP) is 3.93. The van der Waals surface area contributed by atoms with Crippen molar-refractivity contribution in [1.82, 2.24) is 5.32 Å². The van der Waals surface area contributed by atoms with E-state index in [0.29, 0.717) is 6.54 Å². The first-order valence-electron chi connectivity index (χ1n) is 8.60. The van der Waals surface area contributed by atoms with E-state index in [-0.39, 0.29) is 18.0 Å². The minimum Gasteiger partial charge on any atom is -0.339 e. The van der Waals surface area contributed by atoms with Gasteiger partial charge in [-0.2, -0.15) is 0 Å². The monoisotopic (exact) mass is 385 g/mol. The summed E-state index contributed by atoms with van der Waals surface area (Å²) >= 11 is 7.90. The highest BCUT2D eigenvalue weighted by atomic mass is 35.5. The summed E-state index contributed by atoms with van der Waals surface area (Å²) in [6.07, 6.45) is 0. The lowest BCUT2D eigenvalue weighted by Crippen LogP contribution is -2.87. The van der Waals surface area contributed by atoms with Crippen LogP contribution in [0.1, 0.15) is 35.0 Å². The Balaban J connectivity index is 1.64. The van der Waals surface area contributed by atoms with Crippen LogP contribution < -0.4 is 10.6 Å². The van der Waals surface area contributed by atoms with Crippen LogP contribution in [0.5, 0.6) is 0 Å². The highest BCUT2D eigenvalue weighted by molar-refractivity contribution is 7.10. The maximum atomic E-state index is 12.6. The van der Waals surface area contributed by atoms with Gasteiger partial charge in [-0.25, -0.2) is 0 Å². The summed E-state index contributed by atoms with van der Waals surface area (Å²) in [5, 5.41) is 7.94. The molecule has 2 aromatic carbocycles. The fourth-order valence-corrected chi connectivity index (χ4v) is 4.01. The summed E-state index contributed by atoms with van der Waals surface area (Å²) in [7, 11) is 0. The minimum atomic E-state index is -0.118. The van der Waals surface area contributed by atoms with Gasteiger partial charge in [-0.05, 0) is 30.0 Å². The van der Waals surface area contributed by atoms with Crippen LogP contribution in [-0.4, -0.2) is 12.5 Å². The lowest BCUT2D eigenvalue weighted by atomic mass is 10.1. The number of nitrogens with two attached hydrogens (primary N) is 1. The second kappa shape index (κ2) is 8.99. The van der Waals surface area contributed by atoms with Gasteiger partial charge in [0.2, 0.25) is 0 Å². The van der Waals surface area contributed by atoms with Gasteiger partial charge in [0.25, 0.3) is 5.91 Å². The summed E-state index contributed by atoms with van der Waals surface area (Å²) in [5.41, 5.74) is 2.13. The quantitative estimate of drug-likeness (QED) is 0.636. The van der Waals surface area contributed by atoms with Crippen molar-refractivity contribution >= 4 is 28.8 Å². The molecule has 1 aromatic heterocycles. The molecule has 0 unspecified atom stereocenters. The van der Waals surface area contributed by atoms with Crippen molar-refractivity contribution in [3.63, 3.8) is 0 Å². The molecule has 134 valence electrons. The standard InChI is InChI=1S/C21H21ClN2OS/c1-15(17-10-5-6-11-18(17)22)23-14-20(25)24-21(19-12-7-13-26-19)16-8-3-2-4-9-16/h2-13,15,21,23H,14H2,1H3,(H,24,25)/p+1/t15-,21+/m1/s1. The molecule has 1 amide bonds. The Morgan fingerprint density at radius 1 is 1.08 bits per heavy atom. The van der Waals surface area contributed by atoms with Crippen molar-refractivity contribution in [2.24, 2.45) is 0 Å². The Bertz CT molecular complexity index is 836. The van der Waals surface area contributed by atoms with E-state index in [1.165, 1.54) is 0 Å². The molecule has 3 aromatic rings. The molecule has 1 heterocycles. The molecule has 26 heavy (non-hydrogen) atoms. The second-order valence-electron chi connectivity index (χ2n) is 6.18. The number of nitrogens with one attached hydrogen (secondary N) is 1. The summed E-state index contributed by atoms with van der Waals surface area (Å²) in [6.45, 7) is 2.41. The first kappa shape index (κ1) is 18.6. The van der Waals surface area contributed by atoms with Crippen LogP contribution in [0.15, 0.2) is 72.1 Å². The van der Waals surface area contributed by atoms with Crippen molar-refractivity contribution in [3.8, 4) is 0 Å². The van der Waals surface area contributed by atoms with Gasteiger partial charge in [-0.15, -0.1) is 11.3 Å². The number of benzene rings is 2. The normalized spacial score (nSPS) is 13.2. The van der Waals surface area contributed by atoms with Gasteiger partial charge >= 0.3 is 0 Å². The van der Waals surface area contributed by atoms with Gasteiger partial charge in [-0.3, -0.25) is 4.79 Å². The lowest BCUT2D eigenvalue weighted by molar-refractivity contribution is -0.682. The van der Waals surface area contributed by atoms with Crippen molar-refractivity contribution < 1.29 is 10.1 Å². The van der Waals surface area contributed by atoms with E-state index in [0.717, 1.165) is 21.0 Å². The fourth-order valence-electron chi connectivity index (χ4n) is 2.89. The van der Waals surface area contributed by atoms with Crippen LogP contribution in [0, 0.1) is 0 Å². The molecule has 0 aliphatic carbocycles. The minimum absolute atomic E-state index is 0.00570. The lowest BCUT2D eigenvalue weighted by Gasteiger charge is -2.18. The molecule has 0 spiro atoms.